The van der Waals surface area contributed by atoms with Gasteiger partial charge in [-0.25, -0.2) is 4.79 Å². The summed E-state index contributed by atoms with van der Waals surface area (Å²) in [6, 6.07) is 4.74. The lowest BCUT2D eigenvalue weighted by Gasteiger charge is -2.09. The van der Waals surface area contributed by atoms with Gasteiger partial charge in [-0.05, 0) is 19.1 Å². The number of carbonyl (C=O) groups excluding carboxylic acids is 1. The van der Waals surface area contributed by atoms with Crippen molar-refractivity contribution in [3.63, 3.8) is 0 Å². The van der Waals surface area contributed by atoms with E-state index in [1.807, 2.05) is 6.92 Å². The summed E-state index contributed by atoms with van der Waals surface area (Å²) in [6.07, 6.45) is 0. The molecule has 0 saturated heterocycles. The number of anilines is 1. The number of methoxy groups -OCH3 is 1. The van der Waals surface area contributed by atoms with Crippen LogP contribution in [0, 0.1) is 0 Å². The largest absolute Gasteiger partial charge is 0.496 e. The normalized spacial score (nSPS) is 9.88. The molecular weight excluding hydrogens is 210 g/mol. The van der Waals surface area contributed by atoms with Crippen LogP contribution >= 0.6 is 0 Å². The van der Waals surface area contributed by atoms with Crippen molar-refractivity contribution in [3.8, 4) is 5.75 Å². The van der Waals surface area contributed by atoms with Crippen molar-refractivity contribution in [2.24, 2.45) is 0 Å². The molecule has 0 aliphatic carbocycles. The molecule has 0 amide bonds. The highest BCUT2D eigenvalue weighted by Crippen LogP contribution is 2.22. The molecule has 1 aromatic carbocycles. The molecule has 88 valence electrons. The zero-order chi connectivity index (χ0) is 12.0. The van der Waals surface area contributed by atoms with E-state index < -0.39 is 5.97 Å². The number of esters is 1. The minimum Gasteiger partial charge on any atom is -0.496 e. The second-order valence-electron chi connectivity index (χ2n) is 3.00. The summed E-state index contributed by atoms with van der Waals surface area (Å²) in [7, 11) is 1.47. The fourth-order valence-electron chi connectivity index (χ4n) is 1.13. The maximum Gasteiger partial charge on any atom is 0.344 e. The Morgan fingerprint density at radius 2 is 2.19 bits per heavy atom. The number of nitrogen functional groups attached to an aromatic ring is 1. The average molecular weight is 225 g/mol. The van der Waals surface area contributed by atoms with Gasteiger partial charge in [-0.3, -0.25) is 0 Å². The third-order valence-electron chi connectivity index (χ3n) is 1.92. The van der Waals surface area contributed by atoms with Crippen molar-refractivity contribution in [3.05, 3.63) is 23.8 Å². The van der Waals surface area contributed by atoms with Crippen molar-refractivity contribution >= 4 is 11.7 Å². The molecule has 1 rings (SSSR count). The molecule has 0 heterocycles. The van der Waals surface area contributed by atoms with Crippen molar-refractivity contribution in [2.45, 2.75) is 6.92 Å². The molecule has 0 atom stereocenters. The van der Waals surface area contributed by atoms with Crippen molar-refractivity contribution in [1.82, 2.24) is 0 Å². The number of carbonyl (C=O) groups is 1. The van der Waals surface area contributed by atoms with Crippen molar-refractivity contribution in [1.29, 1.82) is 0 Å². The maximum atomic E-state index is 11.6. The third-order valence-corrected chi connectivity index (χ3v) is 1.92. The highest BCUT2D eigenvalue weighted by atomic mass is 16.7. The van der Waals surface area contributed by atoms with Gasteiger partial charge in [0, 0.05) is 18.4 Å². The van der Waals surface area contributed by atoms with E-state index in [1.165, 1.54) is 7.11 Å². The molecular formula is C11H15NO4. The highest BCUT2D eigenvalue weighted by molar-refractivity contribution is 5.93. The number of hydrogen-bond acceptors (Lipinski definition) is 5. The van der Waals surface area contributed by atoms with E-state index >= 15 is 0 Å². The Labute approximate surface area is 94.1 Å². The Bertz CT molecular complexity index is 365. The molecule has 2 N–H and O–H groups in total. The fraction of sp³-hybridized carbons (Fsp3) is 0.364. The van der Waals surface area contributed by atoms with Gasteiger partial charge in [0.15, 0.2) is 6.79 Å². The smallest absolute Gasteiger partial charge is 0.344 e. The predicted molar refractivity (Wildman–Crippen MR) is 59.3 cm³/mol. The summed E-state index contributed by atoms with van der Waals surface area (Å²) in [5.41, 5.74) is 6.42. The minimum atomic E-state index is -0.495. The first-order valence-electron chi connectivity index (χ1n) is 4.87. The van der Waals surface area contributed by atoms with Gasteiger partial charge < -0.3 is 19.9 Å². The summed E-state index contributed by atoms with van der Waals surface area (Å²) in [4.78, 5) is 11.6. The zero-order valence-electron chi connectivity index (χ0n) is 9.36. The van der Waals surface area contributed by atoms with Crippen LogP contribution in [0.15, 0.2) is 18.2 Å². The fourth-order valence-corrected chi connectivity index (χ4v) is 1.13. The maximum absolute atomic E-state index is 11.6. The Morgan fingerprint density at radius 3 is 2.81 bits per heavy atom. The molecule has 0 unspecified atom stereocenters. The Balaban J connectivity index is 2.74. The van der Waals surface area contributed by atoms with Gasteiger partial charge in [0.05, 0.1) is 7.11 Å². The summed E-state index contributed by atoms with van der Waals surface area (Å²) >= 11 is 0. The van der Waals surface area contributed by atoms with Gasteiger partial charge >= 0.3 is 5.97 Å². The molecule has 0 saturated carbocycles. The molecule has 0 spiro atoms. The zero-order valence-corrected chi connectivity index (χ0v) is 9.36. The molecule has 0 aromatic heterocycles. The summed E-state index contributed by atoms with van der Waals surface area (Å²) < 4.78 is 14.8. The van der Waals surface area contributed by atoms with Crippen molar-refractivity contribution < 1.29 is 19.0 Å². The second kappa shape index (κ2) is 5.97. The van der Waals surface area contributed by atoms with E-state index in [0.717, 1.165) is 0 Å². The lowest BCUT2D eigenvalue weighted by atomic mass is 10.2. The summed E-state index contributed by atoms with van der Waals surface area (Å²) in [5.74, 6) is -0.105. The van der Waals surface area contributed by atoms with E-state index in [0.29, 0.717) is 23.6 Å². The molecule has 0 bridgehead atoms. The van der Waals surface area contributed by atoms with Crippen LogP contribution in [0.5, 0.6) is 5.75 Å². The van der Waals surface area contributed by atoms with E-state index in [1.54, 1.807) is 18.2 Å². The molecule has 0 fully saturated rings. The number of benzene rings is 1. The van der Waals surface area contributed by atoms with Crippen LogP contribution in [0.25, 0.3) is 0 Å². The lowest BCUT2D eigenvalue weighted by Crippen LogP contribution is -2.10. The predicted octanol–water partition coefficient (Wildman–Crippen LogP) is 1.43. The second-order valence-corrected chi connectivity index (χ2v) is 3.00. The van der Waals surface area contributed by atoms with E-state index in [2.05, 4.69) is 0 Å². The standard InChI is InChI=1S/C11H15NO4/c1-3-15-7-16-11(13)9-5-4-8(12)6-10(9)14-2/h4-6H,3,7,12H2,1-2H3. The van der Waals surface area contributed by atoms with Crippen LogP contribution in [-0.2, 0) is 9.47 Å². The first-order chi connectivity index (χ1) is 7.69. The number of rotatable bonds is 5. The van der Waals surface area contributed by atoms with Crippen LogP contribution in [0.1, 0.15) is 17.3 Å². The van der Waals surface area contributed by atoms with Crippen LogP contribution in [0.2, 0.25) is 0 Å². The van der Waals surface area contributed by atoms with E-state index in [4.69, 9.17) is 19.9 Å². The van der Waals surface area contributed by atoms with Crippen molar-refractivity contribution in [2.75, 3.05) is 26.2 Å². The van der Waals surface area contributed by atoms with Crippen LogP contribution in [0.4, 0.5) is 5.69 Å². The molecule has 5 nitrogen and oxygen atoms in total. The SMILES string of the molecule is CCOCOC(=O)c1ccc(N)cc1OC. The van der Waals surface area contributed by atoms with Crippen LogP contribution in [-0.4, -0.2) is 26.5 Å². The molecule has 0 radical (unpaired) electrons. The first kappa shape index (κ1) is 12.3. The monoisotopic (exact) mass is 225 g/mol. The van der Waals surface area contributed by atoms with Gasteiger partial charge in [0.2, 0.25) is 0 Å². The Hall–Kier alpha value is -1.75. The van der Waals surface area contributed by atoms with Gasteiger partial charge in [0.25, 0.3) is 0 Å². The number of hydrogen-bond donors (Lipinski definition) is 1. The Kier molecular flexibility index (Phi) is 4.60. The molecule has 0 aliphatic heterocycles. The quantitative estimate of drug-likeness (QED) is 0.355. The highest BCUT2D eigenvalue weighted by Gasteiger charge is 2.13. The molecule has 16 heavy (non-hydrogen) atoms. The van der Waals surface area contributed by atoms with Gasteiger partial charge in [-0.1, -0.05) is 0 Å². The van der Waals surface area contributed by atoms with Gasteiger partial charge in [-0.15, -0.1) is 0 Å². The topological polar surface area (TPSA) is 70.8 Å². The third kappa shape index (κ3) is 3.13. The lowest BCUT2D eigenvalue weighted by molar-refractivity contribution is -0.0276. The molecule has 1 aromatic rings. The molecule has 0 aliphatic rings. The summed E-state index contributed by atoms with van der Waals surface area (Å²) in [5, 5.41) is 0. The molecule has 5 heteroatoms. The average Bonchev–Trinajstić information content (AvgIpc) is 2.29. The van der Waals surface area contributed by atoms with Gasteiger partial charge in [0.1, 0.15) is 11.3 Å². The number of ether oxygens (including phenoxy) is 3. The first-order valence-corrected chi connectivity index (χ1v) is 4.87. The number of nitrogens with two attached hydrogens (primary N) is 1. The van der Waals surface area contributed by atoms with Crippen LogP contribution in [0.3, 0.4) is 0 Å². The summed E-state index contributed by atoms with van der Waals surface area (Å²) in [6.45, 7) is 2.24. The van der Waals surface area contributed by atoms with Crippen LogP contribution < -0.4 is 10.5 Å². The van der Waals surface area contributed by atoms with E-state index in [9.17, 15) is 4.79 Å². The van der Waals surface area contributed by atoms with Gasteiger partial charge in [-0.2, -0.15) is 0 Å². The van der Waals surface area contributed by atoms with E-state index in [-0.39, 0.29) is 6.79 Å². The Morgan fingerprint density at radius 1 is 1.44 bits per heavy atom. The minimum absolute atomic E-state index is 0.0666.